The molecule has 16 heavy (non-hydrogen) atoms. The molecule has 0 aliphatic carbocycles. The van der Waals surface area contributed by atoms with E-state index >= 15 is 0 Å². The van der Waals surface area contributed by atoms with Crippen LogP contribution in [0.4, 0.5) is 0 Å². The molecule has 0 aliphatic rings. The van der Waals surface area contributed by atoms with Gasteiger partial charge >= 0.3 is 0 Å². The van der Waals surface area contributed by atoms with E-state index in [9.17, 15) is 4.79 Å². The van der Waals surface area contributed by atoms with Crippen LogP contribution in [0.3, 0.4) is 0 Å². The number of nitrogens with two attached hydrogens (primary N) is 1. The van der Waals surface area contributed by atoms with Gasteiger partial charge in [-0.05, 0) is 13.3 Å². The van der Waals surface area contributed by atoms with Crippen molar-refractivity contribution in [2.24, 2.45) is 5.73 Å². The van der Waals surface area contributed by atoms with E-state index in [4.69, 9.17) is 5.73 Å². The number of rotatable bonds is 6. The highest BCUT2D eigenvalue weighted by Gasteiger charge is 2.16. The van der Waals surface area contributed by atoms with Crippen molar-refractivity contribution < 1.29 is 4.79 Å². The smallest absolute Gasteiger partial charge is 0.242 e. The van der Waals surface area contributed by atoms with Gasteiger partial charge in [0, 0.05) is 18.9 Å². The first kappa shape index (κ1) is 12.7. The van der Waals surface area contributed by atoms with Crippen molar-refractivity contribution in [3.63, 3.8) is 0 Å². The van der Waals surface area contributed by atoms with Gasteiger partial charge in [-0.25, -0.2) is 4.98 Å². The second-order valence-corrected chi connectivity index (χ2v) is 3.78. The highest BCUT2D eigenvalue weighted by atomic mass is 16.2. The molecule has 0 radical (unpaired) electrons. The van der Waals surface area contributed by atoms with E-state index in [-0.39, 0.29) is 11.9 Å². The maximum Gasteiger partial charge on any atom is 0.242 e. The van der Waals surface area contributed by atoms with Crippen molar-refractivity contribution in [3.05, 3.63) is 18.2 Å². The summed E-state index contributed by atoms with van der Waals surface area (Å²) in [5.41, 5.74) is 5.54. The summed E-state index contributed by atoms with van der Waals surface area (Å²) >= 11 is 0. The fourth-order valence-electron chi connectivity index (χ4n) is 1.52. The number of nitrogens with one attached hydrogen (secondary N) is 1. The molecule has 90 valence electrons. The Labute approximate surface area is 96.0 Å². The third-order valence-corrected chi connectivity index (χ3v) is 2.56. The van der Waals surface area contributed by atoms with Crippen LogP contribution in [0.15, 0.2) is 12.4 Å². The molecule has 0 bridgehead atoms. The van der Waals surface area contributed by atoms with E-state index in [1.54, 1.807) is 17.0 Å². The molecule has 0 aliphatic heterocycles. The van der Waals surface area contributed by atoms with Gasteiger partial charge in [-0.15, -0.1) is 0 Å². The highest BCUT2D eigenvalue weighted by Crippen LogP contribution is 2.08. The minimum Gasteiger partial charge on any atom is -0.354 e. The van der Waals surface area contributed by atoms with E-state index in [2.05, 4.69) is 17.2 Å². The molecule has 0 spiro atoms. The lowest BCUT2D eigenvalue weighted by atomic mass is 10.3. The summed E-state index contributed by atoms with van der Waals surface area (Å²) < 4.78 is 1.81. The van der Waals surface area contributed by atoms with Crippen LogP contribution >= 0.6 is 0 Å². The largest absolute Gasteiger partial charge is 0.354 e. The predicted octanol–water partition coefficient (Wildman–Crippen LogP) is 0.819. The lowest BCUT2D eigenvalue weighted by molar-refractivity contribution is -0.123. The van der Waals surface area contributed by atoms with Crippen LogP contribution < -0.4 is 11.1 Å². The molecular formula is C11H20N4O. The van der Waals surface area contributed by atoms with Crippen molar-refractivity contribution in [1.82, 2.24) is 14.9 Å². The topological polar surface area (TPSA) is 72.9 Å². The third-order valence-electron chi connectivity index (χ3n) is 2.56. The number of unbranched alkanes of at least 4 members (excludes halogenated alkanes) is 1. The first-order valence-corrected chi connectivity index (χ1v) is 5.70. The van der Waals surface area contributed by atoms with Crippen LogP contribution in [0, 0.1) is 0 Å². The lowest BCUT2D eigenvalue weighted by Gasteiger charge is -2.15. The lowest BCUT2D eigenvalue weighted by Crippen LogP contribution is -2.32. The molecule has 5 heteroatoms. The zero-order chi connectivity index (χ0) is 12.0. The minimum atomic E-state index is -0.252. The second kappa shape index (κ2) is 6.27. The van der Waals surface area contributed by atoms with Crippen molar-refractivity contribution in [2.45, 2.75) is 39.3 Å². The van der Waals surface area contributed by atoms with Gasteiger partial charge < -0.3 is 15.6 Å². The molecule has 1 aromatic heterocycles. The Morgan fingerprint density at radius 3 is 3.06 bits per heavy atom. The van der Waals surface area contributed by atoms with Crippen LogP contribution in [0.25, 0.3) is 0 Å². The van der Waals surface area contributed by atoms with Crippen LogP contribution in [0.5, 0.6) is 0 Å². The van der Waals surface area contributed by atoms with Crippen molar-refractivity contribution in [1.29, 1.82) is 0 Å². The first-order chi connectivity index (χ1) is 7.70. The molecule has 1 unspecified atom stereocenters. The number of carbonyl (C=O) groups excluding carboxylic acids is 1. The minimum absolute atomic E-state index is 0.0150. The molecule has 3 N–H and O–H groups in total. The maximum absolute atomic E-state index is 11.8. The fraction of sp³-hybridized carbons (Fsp3) is 0.636. The van der Waals surface area contributed by atoms with E-state index in [0.29, 0.717) is 6.54 Å². The quantitative estimate of drug-likeness (QED) is 0.703. The molecule has 1 amide bonds. The fourth-order valence-corrected chi connectivity index (χ4v) is 1.52. The molecule has 1 heterocycles. The number of imidazole rings is 1. The summed E-state index contributed by atoms with van der Waals surface area (Å²) in [7, 11) is 0. The predicted molar refractivity (Wildman–Crippen MR) is 62.7 cm³/mol. The molecule has 1 rings (SSSR count). The number of aromatic nitrogens is 2. The molecule has 1 atom stereocenters. The molecule has 5 nitrogen and oxygen atoms in total. The second-order valence-electron chi connectivity index (χ2n) is 3.78. The van der Waals surface area contributed by atoms with Gasteiger partial charge in [0.05, 0.1) is 6.54 Å². The average Bonchev–Trinajstić information content (AvgIpc) is 2.76. The van der Waals surface area contributed by atoms with Gasteiger partial charge in [-0.2, -0.15) is 0 Å². The summed E-state index contributed by atoms with van der Waals surface area (Å²) in [6.45, 7) is 5.02. The zero-order valence-corrected chi connectivity index (χ0v) is 9.94. The Morgan fingerprint density at radius 1 is 1.69 bits per heavy atom. The molecule has 0 fully saturated rings. The van der Waals surface area contributed by atoms with E-state index in [1.165, 1.54) is 0 Å². The van der Waals surface area contributed by atoms with Gasteiger partial charge in [0.25, 0.3) is 0 Å². The Bertz CT molecular complexity index is 334. The van der Waals surface area contributed by atoms with Gasteiger partial charge in [-0.3, -0.25) is 4.79 Å². The standard InChI is InChI=1S/C11H20N4O/c1-3-4-5-14-11(16)9(2)15-7-6-13-10(15)8-12/h6-7,9H,3-5,8,12H2,1-2H3,(H,14,16). The highest BCUT2D eigenvalue weighted by molar-refractivity contribution is 5.79. The Kier molecular flexibility index (Phi) is 4.98. The normalized spacial score (nSPS) is 12.4. The van der Waals surface area contributed by atoms with Crippen LogP contribution in [0.1, 0.15) is 38.6 Å². The monoisotopic (exact) mass is 224 g/mol. The number of hydrogen-bond donors (Lipinski definition) is 2. The van der Waals surface area contributed by atoms with Crippen molar-refractivity contribution >= 4 is 5.91 Å². The van der Waals surface area contributed by atoms with Gasteiger partial charge in [0.2, 0.25) is 5.91 Å². The summed E-state index contributed by atoms with van der Waals surface area (Å²) in [6.07, 6.45) is 5.53. The Balaban J connectivity index is 2.56. The molecule has 0 aromatic carbocycles. The van der Waals surface area contributed by atoms with E-state index < -0.39 is 0 Å². The molecule has 0 saturated carbocycles. The van der Waals surface area contributed by atoms with Gasteiger partial charge in [-0.1, -0.05) is 13.3 Å². The summed E-state index contributed by atoms with van der Waals surface area (Å²) in [5.74, 6) is 0.749. The van der Waals surface area contributed by atoms with Gasteiger partial charge in [0.15, 0.2) is 0 Å². The number of nitrogens with zero attached hydrogens (tertiary/aromatic N) is 2. The van der Waals surface area contributed by atoms with Crippen molar-refractivity contribution in [2.75, 3.05) is 6.54 Å². The summed E-state index contributed by atoms with van der Waals surface area (Å²) in [6, 6.07) is -0.252. The Morgan fingerprint density at radius 2 is 2.44 bits per heavy atom. The first-order valence-electron chi connectivity index (χ1n) is 5.70. The van der Waals surface area contributed by atoms with Gasteiger partial charge in [0.1, 0.15) is 11.9 Å². The van der Waals surface area contributed by atoms with Crippen LogP contribution in [-0.4, -0.2) is 22.0 Å². The third kappa shape index (κ3) is 3.06. The number of carbonyl (C=O) groups is 1. The van der Waals surface area contributed by atoms with Crippen LogP contribution in [0.2, 0.25) is 0 Å². The average molecular weight is 224 g/mol. The Hall–Kier alpha value is -1.36. The van der Waals surface area contributed by atoms with Crippen LogP contribution in [-0.2, 0) is 11.3 Å². The molecular weight excluding hydrogens is 204 g/mol. The molecule has 1 aromatic rings. The van der Waals surface area contributed by atoms with E-state index in [0.717, 1.165) is 25.2 Å². The number of amides is 1. The van der Waals surface area contributed by atoms with E-state index in [1.807, 2.05) is 6.92 Å². The number of hydrogen-bond acceptors (Lipinski definition) is 3. The zero-order valence-electron chi connectivity index (χ0n) is 9.94. The van der Waals surface area contributed by atoms with Crippen molar-refractivity contribution in [3.8, 4) is 0 Å². The maximum atomic E-state index is 11.8. The SMILES string of the molecule is CCCCNC(=O)C(C)n1ccnc1CN. The molecule has 0 saturated heterocycles. The summed E-state index contributed by atoms with van der Waals surface area (Å²) in [4.78, 5) is 15.9. The summed E-state index contributed by atoms with van der Waals surface area (Å²) in [5, 5.41) is 2.89.